The number of nitrogens with one attached hydrogen (secondary N) is 2. The van der Waals surface area contributed by atoms with Gasteiger partial charge in [0.2, 0.25) is 0 Å². The maximum atomic E-state index is 5.49. The van der Waals surface area contributed by atoms with Gasteiger partial charge in [0.25, 0.3) is 0 Å². The Labute approximate surface area is 211 Å². The summed E-state index contributed by atoms with van der Waals surface area (Å²) in [5, 5.41) is 7.09. The number of hydrogen-bond acceptors (Lipinski definition) is 5. The molecule has 2 aliphatic heterocycles. The molecule has 8 heteroatoms. The van der Waals surface area contributed by atoms with E-state index < -0.39 is 0 Å². The molecule has 0 spiro atoms. The molecular weight excluding hydrogens is 517 g/mol. The largest absolute Gasteiger partial charge is 0.497 e. The number of guanidine groups is 1. The SMILES string of the molecule is CN=C(NCC1CCN(Cc2ccc(OC)cc2)CC1)NCC(C)(C)N1CCOCC1.I. The highest BCUT2D eigenvalue weighted by atomic mass is 127. The van der Waals surface area contributed by atoms with Crippen molar-refractivity contribution in [2.45, 2.75) is 38.8 Å². The second-order valence-electron chi connectivity index (χ2n) is 9.29. The fraction of sp³-hybridized carbons (Fsp3) is 0.708. The Morgan fingerprint density at radius 2 is 1.75 bits per heavy atom. The number of rotatable bonds is 8. The summed E-state index contributed by atoms with van der Waals surface area (Å²) in [7, 11) is 3.57. The van der Waals surface area contributed by atoms with Crippen molar-refractivity contribution < 1.29 is 9.47 Å². The Bertz CT molecular complexity index is 684. The van der Waals surface area contributed by atoms with E-state index in [2.05, 4.69) is 51.4 Å². The Kier molecular flexibility index (Phi) is 11.5. The van der Waals surface area contributed by atoms with Crippen molar-refractivity contribution in [2.75, 3.05) is 66.6 Å². The first-order valence-corrected chi connectivity index (χ1v) is 11.6. The number of benzene rings is 1. The van der Waals surface area contributed by atoms with Gasteiger partial charge in [-0.05, 0) is 63.4 Å². The summed E-state index contributed by atoms with van der Waals surface area (Å²) < 4.78 is 10.7. The van der Waals surface area contributed by atoms with Crippen molar-refractivity contribution in [3.05, 3.63) is 29.8 Å². The zero-order chi connectivity index (χ0) is 22.1. The monoisotopic (exact) mass is 559 g/mol. The van der Waals surface area contributed by atoms with Gasteiger partial charge in [-0.3, -0.25) is 14.8 Å². The summed E-state index contributed by atoms with van der Waals surface area (Å²) in [6.45, 7) is 13.4. The van der Waals surface area contributed by atoms with Crippen LogP contribution in [-0.4, -0.2) is 87.9 Å². The molecular formula is C24H42IN5O2. The standard InChI is InChI=1S/C24H41N5O2.HI/c1-24(2,29-13-15-31-16-14-29)19-27-23(25-3)26-17-20-9-11-28(12-10-20)18-21-5-7-22(30-4)8-6-21;/h5-8,20H,9-19H2,1-4H3,(H2,25,26,27);1H. The maximum absolute atomic E-state index is 5.49. The van der Waals surface area contributed by atoms with E-state index in [-0.39, 0.29) is 29.5 Å². The highest BCUT2D eigenvalue weighted by molar-refractivity contribution is 14.0. The van der Waals surface area contributed by atoms with E-state index in [0.29, 0.717) is 5.92 Å². The van der Waals surface area contributed by atoms with Crippen molar-refractivity contribution in [3.8, 4) is 5.75 Å². The molecule has 182 valence electrons. The fourth-order valence-corrected chi connectivity index (χ4v) is 4.38. The van der Waals surface area contributed by atoms with E-state index in [0.717, 1.165) is 70.7 Å². The molecule has 2 saturated heterocycles. The molecule has 2 fully saturated rings. The summed E-state index contributed by atoms with van der Waals surface area (Å²) in [4.78, 5) is 9.48. The molecule has 0 radical (unpaired) electrons. The third kappa shape index (κ3) is 8.35. The molecule has 2 heterocycles. The van der Waals surface area contributed by atoms with E-state index in [1.54, 1.807) is 7.11 Å². The van der Waals surface area contributed by atoms with Crippen LogP contribution in [0, 0.1) is 5.92 Å². The summed E-state index contributed by atoms with van der Waals surface area (Å²) in [6, 6.07) is 8.43. The summed E-state index contributed by atoms with van der Waals surface area (Å²) in [6.07, 6.45) is 2.44. The molecule has 0 saturated carbocycles. The second kappa shape index (κ2) is 13.6. The average molecular weight is 560 g/mol. The Morgan fingerprint density at radius 3 is 2.34 bits per heavy atom. The predicted molar refractivity (Wildman–Crippen MR) is 142 cm³/mol. The van der Waals surface area contributed by atoms with Crippen molar-refractivity contribution >= 4 is 29.9 Å². The van der Waals surface area contributed by atoms with Crippen LogP contribution in [0.2, 0.25) is 0 Å². The van der Waals surface area contributed by atoms with E-state index in [9.17, 15) is 0 Å². The van der Waals surface area contributed by atoms with E-state index in [4.69, 9.17) is 9.47 Å². The van der Waals surface area contributed by atoms with Crippen molar-refractivity contribution in [1.82, 2.24) is 20.4 Å². The van der Waals surface area contributed by atoms with Crippen LogP contribution >= 0.6 is 24.0 Å². The lowest BCUT2D eigenvalue weighted by atomic mass is 9.96. The number of methoxy groups -OCH3 is 1. The normalized spacial score (nSPS) is 19.3. The first-order chi connectivity index (χ1) is 15.0. The molecule has 2 aliphatic rings. The van der Waals surface area contributed by atoms with E-state index >= 15 is 0 Å². The lowest BCUT2D eigenvalue weighted by molar-refractivity contribution is -0.00834. The van der Waals surface area contributed by atoms with Crippen molar-refractivity contribution in [2.24, 2.45) is 10.9 Å². The maximum Gasteiger partial charge on any atom is 0.191 e. The number of hydrogen-bond donors (Lipinski definition) is 2. The lowest BCUT2D eigenvalue weighted by Gasteiger charge is -2.41. The van der Waals surface area contributed by atoms with Gasteiger partial charge in [0.15, 0.2) is 5.96 Å². The van der Waals surface area contributed by atoms with Gasteiger partial charge in [0.1, 0.15) is 5.75 Å². The van der Waals surface area contributed by atoms with Crippen LogP contribution in [0.15, 0.2) is 29.3 Å². The Hall–Kier alpha value is -1.10. The topological polar surface area (TPSA) is 61.4 Å². The number of aliphatic imine (C=N–C) groups is 1. The number of halogens is 1. The second-order valence-corrected chi connectivity index (χ2v) is 9.29. The van der Waals surface area contributed by atoms with Crippen LogP contribution < -0.4 is 15.4 Å². The number of nitrogens with zero attached hydrogens (tertiary/aromatic N) is 3. The molecule has 32 heavy (non-hydrogen) atoms. The van der Waals surface area contributed by atoms with Crippen LogP contribution in [0.25, 0.3) is 0 Å². The first-order valence-electron chi connectivity index (χ1n) is 11.6. The van der Waals surface area contributed by atoms with Gasteiger partial charge in [-0.15, -0.1) is 24.0 Å². The number of ether oxygens (including phenoxy) is 2. The molecule has 1 aromatic rings. The van der Waals surface area contributed by atoms with Crippen molar-refractivity contribution in [1.29, 1.82) is 0 Å². The molecule has 3 rings (SSSR count). The average Bonchev–Trinajstić information content (AvgIpc) is 2.81. The minimum absolute atomic E-state index is 0. The van der Waals surface area contributed by atoms with Crippen LogP contribution in [0.4, 0.5) is 0 Å². The number of morpholine rings is 1. The molecule has 0 atom stereocenters. The minimum Gasteiger partial charge on any atom is -0.497 e. The fourth-order valence-electron chi connectivity index (χ4n) is 4.38. The van der Waals surface area contributed by atoms with Gasteiger partial charge >= 0.3 is 0 Å². The highest BCUT2D eigenvalue weighted by Crippen LogP contribution is 2.20. The summed E-state index contributed by atoms with van der Waals surface area (Å²) >= 11 is 0. The summed E-state index contributed by atoms with van der Waals surface area (Å²) in [5.74, 6) is 2.52. The smallest absolute Gasteiger partial charge is 0.191 e. The van der Waals surface area contributed by atoms with Crippen LogP contribution in [0.1, 0.15) is 32.3 Å². The minimum atomic E-state index is 0. The van der Waals surface area contributed by atoms with Gasteiger partial charge < -0.3 is 20.1 Å². The van der Waals surface area contributed by atoms with Gasteiger partial charge in [-0.1, -0.05) is 12.1 Å². The molecule has 0 aromatic heterocycles. The van der Waals surface area contributed by atoms with Crippen LogP contribution in [-0.2, 0) is 11.3 Å². The zero-order valence-corrected chi connectivity index (χ0v) is 22.6. The molecule has 1 aromatic carbocycles. The lowest BCUT2D eigenvalue weighted by Crippen LogP contribution is -2.56. The zero-order valence-electron chi connectivity index (χ0n) is 20.2. The van der Waals surface area contributed by atoms with Gasteiger partial charge in [-0.25, -0.2) is 0 Å². The van der Waals surface area contributed by atoms with E-state index in [1.165, 1.54) is 18.4 Å². The molecule has 7 nitrogen and oxygen atoms in total. The quantitative estimate of drug-likeness (QED) is 0.290. The molecule has 0 amide bonds. The number of piperidine rings is 1. The van der Waals surface area contributed by atoms with Gasteiger partial charge in [0.05, 0.1) is 20.3 Å². The third-order valence-electron chi connectivity index (χ3n) is 6.61. The predicted octanol–water partition coefficient (Wildman–Crippen LogP) is 2.80. The van der Waals surface area contributed by atoms with E-state index in [1.807, 2.05) is 19.2 Å². The number of likely N-dealkylation sites (tertiary alicyclic amines) is 1. The molecule has 0 bridgehead atoms. The van der Waals surface area contributed by atoms with Gasteiger partial charge in [0, 0.05) is 45.3 Å². The van der Waals surface area contributed by atoms with Crippen molar-refractivity contribution in [3.63, 3.8) is 0 Å². The van der Waals surface area contributed by atoms with Crippen LogP contribution in [0.5, 0.6) is 5.75 Å². The highest BCUT2D eigenvalue weighted by Gasteiger charge is 2.28. The summed E-state index contributed by atoms with van der Waals surface area (Å²) in [5.41, 5.74) is 1.43. The first kappa shape index (κ1) is 27.1. The molecule has 2 N–H and O–H groups in total. The molecule has 0 aliphatic carbocycles. The van der Waals surface area contributed by atoms with Crippen LogP contribution in [0.3, 0.4) is 0 Å². The Morgan fingerprint density at radius 1 is 1.09 bits per heavy atom. The van der Waals surface area contributed by atoms with Gasteiger partial charge in [-0.2, -0.15) is 0 Å². The molecule has 0 unspecified atom stereocenters. The Balaban J connectivity index is 0.00000363. The third-order valence-corrected chi connectivity index (χ3v) is 6.61.